The van der Waals surface area contributed by atoms with Gasteiger partial charge in [-0.1, -0.05) is 20.8 Å². The van der Waals surface area contributed by atoms with Crippen molar-refractivity contribution >= 4 is 11.7 Å². The van der Waals surface area contributed by atoms with Gasteiger partial charge in [0.25, 0.3) is 5.91 Å². The molecule has 0 unspecified atom stereocenters. The highest BCUT2D eigenvalue weighted by atomic mass is 16.2. The first kappa shape index (κ1) is 14.8. The second-order valence-electron chi connectivity index (χ2n) is 5.94. The molecule has 0 saturated heterocycles. The molecule has 0 bridgehead atoms. The molecule has 4 heteroatoms. The molecule has 0 radical (unpaired) electrons. The maximum absolute atomic E-state index is 12.7. The van der Waals surface area contributed by atoms with E-state index in [1.165, 1.54) is 0 Å². The van der Waals surface area contributed by atoms with Crippen LogP contribution in [0.1, 0.15) is 50.4 Å². The molecule has 0 atom stereocenters. The van der Waals surface area contributed by atoms with E-state index in [-0.39, 0.29) is 5.91 Å². The maximum atomic E-state index is 12.7. The molecule has 0 aliphatic heterocycles. The standard InChI is InChI=1S/C16H25N3O/c1-4-8-17-15-10-13(7-9-18-15)16(20)19(11-12(2)3)14-5-6-14/h7,9-10,12,14H,4-6,8,11H2,1-3H3,(H,17,18). The molecule has 0 spiro atoms. The molecule has 1 aromatic heterocycles. The summed E-state index contributed by atoms with van der Waals surface area (Å²) in [6.45, 7) is 8.14. The maximum Gasteiger partial charge on any atom is 0.254 e. The quantitative estimate of drug-likeness (QED) is 0.831. The molecule has 1 amide bonds. The Bertz CT molecular complexity index is 455. The Kier molecular flexibility index (Phi) is 4.99. The lowest BCUT2D eigenvalue weighted by molar-refractivity contribution is 0.0722. The number of amides is 1. The van der Waals surface area contributed by atoms with Crippen molar-refractivity contribution in [3.05, 3.63) is 23.9 Å². The van der Waals surface area contributed by atoms with E-state index in [1.54, 1.807) is 6.20 Å². The molecule has 0 aromatic carbocycles. The minimum Gasteiger partial charge on any atom is -0.370 e. The minimum absolute atomic E-state index is 0.142. The summed E-state index contributed by atoms with van der Waals surface area (Å²) in [7, 11) is 0. The van der Waals surface area contributed by atoms with Crippen LogP contribution in [0.4, 0.5) is 5.82 Å². The van der Waals surface area contributed by atoms with Gasteiger partial charge in [0.2, 0.25) is 0 Å². The first-order valence-corrected chi connectivity index (χ1v) is 7.62. The summed E-state index contributed by atoms with van der Waals surface area (Å²) in [5.41, 5.74) is 0.742. The Morgan fingerprint density at radius 1 is 1.50 bits per heavy atom. The van der Waals surface area contributed by atoms with Crippen molar-refractivity contribution in [2.75, 3.05) is 18.4 Å². The van der Waals surface area contributed by atoms with Crippen LogP contribution in [-0.2, 0) is 0 Å². The molecule has 20 heavy (non-hydrogen) atoms. The zero-order valence-corrected chi connectivity index (χ0v) is 12.7. The number of carbonyl (C=O) groups is 1. The lowest BCUT2D eigenvalue weighted by Crippen LogP contribution is -2.36. The molecule has 2 rings (SSSR count). The molecular weight excluding hydrogens is 250 g/mol. The molecule has 110 valence electrons. The number of hydrogen-bond acceptors (Lipinski definition) is 3. The SMILES string of the molecule is CCCNc1cc(C(=O)N(CC(C)C)C2CC2)ccn1. The van der Waals surface area contributed by atoms with Crippen molar-refractivity contribution < 1.29 is 4.79 Å². The van der Waals surface area contributed by atoms with E-state index in [2.05, 4.69) is 31.1 Å². The van der Waals surface area contributed by atoms with Gasteiger partial charge in [-0.15, -0.1) is 0 Å². The Balaban J connectivity index is 2.09. The lowest BCUT2D eigenvalue weighted by Gasteiger charge is -2.24. The number of nitrogens with one attached hydrogen (secondary N) is 1. The lowest BCUT2D eigenvalue weighted by atomic mass is 10.1. The van der Waals surface area contributed by atoms with Gasteiger partial charge in [-0.2, -0.15) is 0 Å². The van der Waals surface area contributed by atoms with E-state index in [4.69, 9.17) is 0 Å². The van der Waals surface area contributed by atoms with Crippen LogP contribution in [0.5, 0.6) is 0 Å². The van der Waals surface area contributed by atoms with Crippen molar-refractivity contribution in [2.45, 2.75) is 46.1 Å². The summed E-state index contributed by atoms with van der Waals surface area (Å²) in [4.78, 5) is 18.9. The summed E-state index contributed by atoms with van der Waals surface area (Å²) >= 11 is 0. The van der Waals surface area contributed by atoms with E-state index in [9.17, 15) is 4.79 Å². The number of pyridine rings is 1. The smallest absolute Gasteiger partial charge is 0.254 e. The summed E-state index contributed by atoms with van der Waals surface area (Å²) in [6, 6.07) is 4.13. The Labute approximate surface area is 121 Å². The third-order valence-electron chi connectivity index (χ3n) is 3.37. The monoisotopic (exact) mass is 275 g/mol. The number of rotatable bonds is 7. The van der Waals surface area contributed by atoms with Gasteiger partial charge in [-0.05, 0) is 37.3 Å². The number of hydrogen-bond donors (Lipinski definition) is 1. The Hall–Kier alpha value is -1.58. The fraction of sp³-hybridized carbons (Fsp3) is 0.625. The van der Waals surface area contributed by atoms with Gasteiger partial charge >= 0.3 is 0 Å². The topological polar surface area (TPSA) is 45.2 Å². The van der Waals surface area contributed by atoms with Gasteiger partial charge in [-0.25, -0.2) is 4.98 Å². The zero-order chi connectivity index (χ0) is 14.5. The first-order chi connectivity index (χ1) is 9.61. The van der Waals surface area contributed by atoms with Crippen LogP contribution < -0.4 is 5.32 Å². The van der Waals surface area contributed by atoms with Crippen LogP contribution in [0.3, 0.4) is 0 Å². The second kappa shape index (κ2) is 6.73. The van der Waals surface area contributed by atoms with Gasteiger partial charge in [0.1, 0.15) is 5.82 Å². The molecule has 4 nitrogen and oxygen atoms in total. The van der Waals surface area contributed by atoms with Gasteiger partial charge in [0.15, 0.2) is 0 Å². The van der Waals surface area contributed by atoms with Crippen LogP contribution in [0, 0.1) is 5.92 Å². The third kappa shape index (κ3) is 3.95. The van der Waals surface area contributed by atoms with E-state index < -0.39 is 0 Å². The predicted octanol–water partition coefficient (Wildman–Crippen LogP) is 3.16. The number of anilines is 1. The molecule has 1 aliphatic carbocycles. The normalized spacial score (nSPS) is 14.4. The third-order valence-corrected chi connectivity index (χ3v) is 3.37. The fourth-order valence-corrected chi connectivity index (χ4v) is 2.26. The van der Waals surface area contributed by atoms with E-state index in [0.29, 0.717) is 12.0 Å². The molecule has 1 fully saturated rings. The molecule has 1 heterocycles. The van der Waals surface area contributed by atoms with Gasteiger partial charge in [0.05, 0.1) is 0 Å². The van der Waals surface area contributed by atoms with E-state index in [1.807, 2.05) is 17.0 Å². The van der Waals surface area contributed by atoms with Crippen molar-refractivity contribution in [2.24, 2.45) is 5.92 Å². The van der Waals surface area contributed by atoms with Crippen molar-refractivity contribution in [3.8, 4) is 0 Å². The summed E-state index contributed by atoms with van der Waals surface area (Å²) < 4.78 is 0. The van der Waals surface area contributed by atoms with Crippen molar-refractivity contribution in [1.29, 1.82) is 0 Å². The Morgan fingerprint density at radius 2 is 2.25 bits per heavy atom. The molecule has 1 aromatic rings. The summed E-state index contributed by atoms with van der Waals surface area (Å²) in [5.74, 6) is 1.43. The van der Waals surface area contributed by atoms with Gasteiger partial charge in [-0.3, -0.25) is 4.79 Å². The van der Waals surface area contributed by atoms with E-state index >= 15 is 0 Å². The van der Waals surface area contributed by atoms with E-state index in [0.717, 1.165) is 43.7 Å². The molecule has 1 saturated carbocycles. The Morgan fingerprint density at radius 3 is 2.85 bits per heavy atom. The van der Waals surface area contributed by atoms with Crippen LogP contribution in [0.15, 0.2) is 18.3 Å². The highest BCUT2D eigenvalue weighted by Crippen LogP contribution is 2.29. The van der Waals surface area contributed by atoms with Gasteiger partial charge in [0, 0.05) is 30.9 Å². The summed E-state index contributed by atoms with van der Waals surface area (Å²) in [5, 5.41) is 3.23. The van der Waals surface area contributed by atoms with Crippen LogP contribution in [0.2, 0.25) is 0 Å². The van der Waals surface area contributed by atoms with Gasteiger partial charge < -0.3 is 10.2 Å². The average Bonchev–Trinajstić information content (AvgIpc) is 3.26. The number of carbonyl (C=O) groups excluding carboxylic acids is 1. The number of nitrogens with zero attached hydrogens (tertiary/aromatic N) is 2. The fourth-order valence-electron chi connectivity index (χ4n) is 2.26. The average molecular weight is 275 g/mol. The molecule has 1 N–H and O–H groups in total. The highest BCUT2D eigenvalue weighted by molar-refractivity contribution is 5.95. The summed E-state index contributed by atoms with van der Waals surface area (Å²) in [6.07, 6.45) is 5.04. The molecular formula is C16H25N3O. The zero-order valence-electron chi connectivity index (χ0n) is 12.7. The van der Waals surface area contributed by atoms with Crippen LogP contribution in [0.25, 0.3) is 0 Å². The first-order valence-electron chi connectivity index (χ1n) is 7.62. The van der Waals surface area contributed by atoms with Crippen molar-refractivity contribution in [1.82, 2.24) is 9.88 Å². The largest absolute Gasteiger partial charge is 0.370 e. The second-order valence-corrected chi connectivity index (χ2v) is 5.94. The predicted molar refractivity (Wildman–Crippen MR) is 81.9 cm³/mol. The number of aromatic nitrogens is 1. The van der Waals surface area contributed by atoms with Crippen LogP contribution in [-0.4, -0.2) is 34.9 Å². The minimum atomic E-state index is 0.142. The molecule has 1 aliphatic rings. The van der Waals surface area contributed by atoms with Crippen molar-refractivity contribution in [3.63, 3.8) is 0 Å². The highest BCUT2D eigenvalue weighted by Gasteiger charge is 2.33. The van der Waals surface area contributed by atoms with Crippen LogP contribution >= 0.6 is 0 Å².